The summed E-state index contributed by atoms with van der Waals surface area (Å²) in [4.78, 5) is 23.5. The molecule has 0 spiro atoms. The van der Waals surface area contributed by atoms with Crippen LogP contribution in [0.2, 0.25) is 0 Å². The van der Waals surface area contributed by atoms with Crippen molar-refractivity contribution >= 4 is 39.2 Å². The molecule has 0 saturated heterocycles. The maximum atomic E-state index is 12.3. The molecule has 1 aliphatic rings. The van der Waals surface area contributed by atoms with Crippen LogP contribution < -0.4 is 5.32 Å². The maximum Gasteiger partial charge on any atom is 0.336 e. The van der Waals surface area contributed by atoms with Gasteiger partial charge in [-0.25, -0.2) is 4.79 Å². The van der Waals surface area contributed by atoms with Gasteiger partial charge in [0.05, 0.1) is 11.1 Å². The normalized spacial score (nSPS) is 13.3. The summed E-state index contributed by atoms with van der Waals surface area (Å²) >= 11 is 0. The highest BCUT2D eigenvalue weighted by Crippen LogP contribution is 2.37. The van der Waals surface area contributed by atoms with Crippen LogP contribution in [0.15, 0.2) is 42.5 Å². The highest BCUT2D eigenvalue weighted by Gasteiger charge is 2.17. The Morgan fingerprint density at radius 3 is 2.36 bits per heavy atom. The van der Waals surface area contributed by atoms with E-state index in [-0.39, 0.29) is 11.1 Å². The summed E-state index contributed by atoms with van der Waals surface area (Å²) in [5.74, 6) is 0.367. The standard InChI is InChI=1S/C16H13NO3S2/c18-15(13-3-1-2-4-14(13)16(19)20)17-12-6-5-10-8-21-22-9-11(10)7-12/h1-7H,8-9H2,(H,17,18)(H,19,20). The highest BCUT2D eigenvalue weighted by molar-refractivity contribution is 8.76. The monoisotopic (exact) mass is 331 g/mol. The van der Waals surface area contributed by atoms with E-state index in [1.54, 1.807) is 22.9 Å². The Morgan fingerprint density at radius 1 is 0.955 bits per heavy atom. The van der Waals surface area contributed by atoms with Crippen LogP contribution in [0.1, 0.15) is 31.8 Å². The second kappa shape index (κ2) is 6.46. The molecule has 0 radical (unpaired) electrons. The van der Waals surface area contributed by atoms with Crippen molar-refractivity contribution in [2.75, 3.05) is 5.32 Å². The molecule has 2 N–H and O–H groups in total. The van der Waals surface area contributed by atoms with Crippen molar-refractivity contribution in [2.24, 2.45) is 0 Å². The summed E-state index contributed by atoms with van der Waals surface area (Å²) in [6, 6.07) is 12.0. The topological polar surface area (TPSA) is 66.4 Å². The number of hydrogen-bond acceptors (Lipinski definition) is 4. The number of rotatable bonds is 3. The van der Waals surface area contributed by atoms with Crippen molar-refractivity contribution in [1.82, 2.24) is 0 Å². The molecule has 0 bridgehead atoms. The molecule has 0 atom stereocenters. The summed E-state index contributed by atoms with van der Waals surface area (Å²) in [7, 11) is 3.62. The Balaban J connectivity index is 1.84. The molecule has 6 heteroatoms. The molecule has 1 amide bonds. The number of carboxylic acids is 1. The third-order valence-electron chi connectivity index (χ3n) is 3.38. The first-order valence-electron chi connectivity index (χ1n) is 6.65. The van der Waals surface area contributed by atoms with E-state index in [9.17, 15) is 9.59 Å². The van der Waals surface area contributed by atoms with E-state index >= 15 is 0 Å². The number of hydrogen-bond donors (Lipinski definition) is 2. The van der Waals surface area contributed by atoms with Gasteiger partial charge in [0.2, 0.25) is 0 Å². The molecule has 4 nitrogen and oxygen atoms in total. The fraction of sp³-hybridized carbons (Fsp3) is 0.125. The first-order chi connectivity index (χ1) is 10.6. The van der Waals surface area contributed by atoms with E-state index in [0.717, 1.165) is 11.5 Å². The average molecular weight is 331 g/mol. The van der Waals surface area contributed by atoms with Crippen LogP contribution in [0.3, 0.4) is 0 Å². The lowest BCUT2D eigenvalue weighted by Crippen LogP contribution is -2.16. The van der Waals surface area contributed by atoms with Crippen molar-refractivity contribution < 1.29 is 14.7 Å². The van der Waals surface area contributed by atoms with Crippen molar-refractivity contribution in [3.05, 3.63) is 64.7 Å². The molecular formula is C16H13NO3S2. The summed E-state index contributed by atoms with van der Waals surface area (Å²) < 4.78 is 0. The molecule has 0 unspecified atom stereocenters. The SMILES string of the molecule is O=C(O)c1ccccc1C(=O)Nc1ccc2c(c1)CSSC2. The highest BCUT2D eigenvalue weighted by atomic mass is 33.1. The van der Waals surface area contributed by atoms with Crippen LogP contribution in [0.4, 0.5) is 5.69 Å². The summed E-state index contributed by atoms with van der Waals surface area (Å²) in [5, 5.41) is 11.9. The number of benzene rings is 2. The molecule has 1 aliphatic heterocycles. The van der Waals surface area contributed by atoms with Crippen LogP contribution in [-0.4, -0.2) is 17.0 Å². The third kappa shape index (κ3) is 3.13. The fourth-order valence-corrected chi connectivity index (χ4v) is 4.49. The van der Waals surface area contributed by atoms with E-state index in [1.807, 2.05) is 29.0 Å². The number of carbonyl (C=O) groups excluding carboxylic acids is 1. The van der Waals surface area contributed by atoms with Crippen molar-refractivity contribution in [2.45, 2.75) is 11.5 Å². The lowest BCUT2D eigenvalue weighted by molar-refractivity contribution is 0.0692. The van der Waals surface area contributed by atoms with Gasteiger partial charge >= 0.3 is 5.97 Å². The predicted molar refractivity (Wildman–Crippen MR) is 90.4 cm³/mol. The van der Waals surface area contributed by atoms with Crippen LogP contribution in [0.5, 0.6) is 0 Å². The smallest absolute Gasteiger partial charge is 0.336 e. The van der Waals surface area contributed by atoms with Gasteiger partial charge in [-0.05, 0) is 35.4 Å². The Bertz CT molecular complexity index is 746. The fourth-order valence-electron chi connectivity index (χ4n) is 2.26. The van der Waals surface area contributed by atoms with E-state index < -0.39 is 11.9 Å². The van der Waals surface area contributed by atoms with Crippen LogP contribution in [0, 0.1) is 0 Å². The lowest BCUT2D eigenvalue weighted by Gasteiger charge is -2.16. The molecule has 0 aliphatic carbocycles. The zero-order valence-corrected chi connectivity index (χ0v) is 13.2. The maximum absolute atomic E-state index is 12.3. The molecule has 0 fully saturated rings. The van der Waals surface area contributed by atoms with Crippen LogP contribution in [-0.2, 0) is 11.5 Å². The van der Waals surface area contributed by atoms with Gasteiger partial charge in [-0.1, -0.05) is 39.8 Å². The van der Waals surface area contributed by atoms with E-state index in [1.165, 1.54) is 23.3 Å². The second-order valence-electron chi connectivity index (χ2n) is 4.81. The quantitative estimate of drug-likeness (QED) is 0.831. The zero-order chi connectivity index (χ0) is 15.5. The largest absolute Gasteiger partial charge is 0.478 e. The Kier molecular flexibility index (Phi) is 4.40. The molecule has 22 heavy (non-hydrogen) atoms. The van der Waals surface area contributed by atoms with Gasteiger partial charge in [-0.3, -0.25) is 4.79 Å². The number of aromatic carboxylic acids is 1. The molecule has 2 aromatic carbocycles. The van der Waals surface area contributed by atoms with E-state index in [4.69, 9.17) is 5.11 Å². The number of carbonyl (C=O) groups is 2. The van der Waals surface area contributed by atoms with Gasteiger partial charge < -0.3 is 10.4 Å². The Morgan fingerprint density at radius 2 is 1.64 bits per heavy atom. The summed E-state index contributed by atoms with van der Waals surface area (Å²) in [6.07, 6.45) is 0. The molecular weight excluding hydrogens is 318 g/mol. The van der Waals surface area contributed by atoms with Crippen molar-refractivity contribution in [3.8, 4) is 0 Å². The molecule has 2 aromatic rings. The van der Waals surface area contributed by atoms with Gasteiger partial charge in [0.1, 0.15) is 0 Å². The molecule has 112 valence electrons. The van der Waals surface area contributed by atoms with Crippen LogP contribution in [0.25, 0.3) is 0 Å². The van der Waals surface area contributed by atoms with Gasteiger partial charge in [0.15, 0.2) is 0 Å². The summed E-state index contributed by atoms with van der Waals surface area (Å²) in [5.41, 5.74) is 3.36. The van der Waals surface area contributed by atoms with Gasteiger partial charge in [0, 0.05) is 17.2 Å². The first-order valence-corrected chi connectivity index (χ1v) is 9.14. The average Bonchev–Trinajstić information content (AvgIpc) is 2.54. The minimum Gasteiger partial charge on any atom is -0.478 e. The molecule has 3 rings (SSSR count). The number of nitrogens with one attached hydrogen (secondary N) is 1. The van der Waals surface area contributed by atoms with Crippen LogP contribution >= 0.6 is 21.6 Å². The number of carboxylic acid groups (broad SMARTS) is 1. The van der Waals surface area contributed by atoms with Gasteiger partial charge in [-0.15, -0.1) is 0 Å². The van der Waals surface area contributed by atoms with Crippen molar-refractivity contribution in [3.63, 3.8) is 0 Å². The van der Waals surface area contributed by atoms with E-state index in [0.29, 0.717) is 5.69 Å². The third-order valence-corrected chi connectivity index (χ3v) is 5.61. The zero-order valence-electron chi connectivity index (χ0n) is 11.5. The molecule has 1 heterocycles. The Hall–Kier alpha value is -1.92. The molecule has 0 saturated carbocycles. The van der Waals surface area contributed by atoms with Gasteiger partial charge in [0.25, 0.3) is 5.91 Å². The number of fused-ring (bicyclic) bond motifs is 1. The molecule has 0 aromatic heterocycles. The predicted octanol–water partition coefficient (Wildman–Crippen LogP) is 4.03. The lowest BCUT2D eigenvalue weighted by atomic mass is 10.1. The first kappa shape index (κ1) is 15.0. The van der Waals surface area contributed by atoms with Gasteiger partial charge in [-0.2, -0.15) is 0 Å². The number of amides is 1. The minimum absolute atomic E-state index is 0.00455. The Labute approximate surface area is 135 Å². The van der Waals surface area contributed by atoms with Crippen molar-refractivity contribution in [1.29, 1.82) is 0 Å². The summed E-state index contributed by atoms with van der Waals surface area (Å²) in [6.45, 7) is 0. The van der Waals surface area contributed by atoms with E-state index in [2.05, 4.69) is 5.32 Å². The minimum atomic E-state index is -1.11. The number of anilines is 1. The second-order valence-corrected chi connectivity index (χ2v) is 7.28.